The van der Waals surface area contributed by atoms with Crippen molar-refractivity contribution in [3.8, 4) is 0 Å². The normalized spacial score (nSPS) is 24.9. The van der Waals surface area contributed by atoms with Crippen LogP contribution in [0, 0.1) is 0 Å². The van der Waals surface area contributed by atoms with E-state index in [2.05, 4.69) is 6.92 Å². The Morgan fingerprint density at radius 2 is 2.29 bits per heavy atom. The molecular formula is C5H10ClP. The smallest absolute Gasteiger partial charge is 0.00684 e. The largest absolute Gasteiger partial charge is 0.0961 e. The first-order valence-corrected chi connectivity index (χ1v) is 5.27. The second-order valence-electron chi connectivity index (χ2n) is 1.95. The summed E-state index contributed by atoms with van der Waals surface area (Å²) in [5.74, 6) is 0. The van der Waals surface area contributed by atoms with Crippen LogP contribution in [-0.4, -0.2) is 11.8 Å². The third kappa shape index (κ3) is 1.58. The molecule has 1 aliphatic carbocycles. The molecule has 42 valence electrons. The van der Waals surface area contributed by atoms with E-state index in [-0.39, 0.29) is 7.27 Å². The zero-order valence-corrected chi connectivity index (χ0v) is 6.17. The zero-order chi connectivity index (χ0) is 5.28. The average molecular weight is 137 g/mol. The standard InChI is InChI=1S/C5H10ClP/c1-2-7(6)5-3-4-5/h5H,2-4H2,1H3. The Labute approximate surface area is 50.8 Å². The van der Waals surface area contributed by atoms with Crippen LogP contribution in [0.5, 0.6) is 0 Å². The first-order chi connectivity index (χ1) is 3.34. The van der Waals surface area contributed by atoms with Crippen molar-refractivity contribution in [2.24, 2.45) is 0 Å². The summed E-state index contributed by atoms with van der Waals surface area (Å²) in [6.45, 7) is 2.18. The summed E-state index contributed by atoms with van der Waals surface area (Å²) in [5.41, 5.74) is 0.946. The Morgan fingerprint density at radius 1 is 1.71 bits per heavy atom. The first kappa shape index (κ1) is 5.85. The van der Waals surface area contributed by atoms with Gasteiger partial charge in [-0.2, -0.15) is 0 Å². The van der Waals surface area contributed by atoms with Gasteiger partial charge in [0, 0.05) is 0 Å². The molecule has 0 bridgehead atoms. The van der Waals surface area contributed by atoms with E-state index in [0.717, 1.165) is 5.66 Å². The van der Waals surface area contributed by atoms with E-state index in [9.17, 15) is 0 Å². The fraction of sp³-hybridized carbons (Fsp3) is 1.00. The van der Waals surface area contributed by atoms with E-state index < -0.39 is 0 Å². The molecule has 0 amide bonds. The molecule has 0 spiro atoms. The lowest BCUT2D eigenvalue weighted by Gasteiger charge is -1.99. The minimum absolute atomic E-state index is 0.0540. The molecule has 1 fully saturated rings. The summed E-state index contributed by atoms with van der Waals surface area (Å²) in [6.07, 6.45) is 4.02. The Hall–Kier alpha value is 0.720. The lowest BCUT2D eigenvalue weighted by Crippen LogP contribution is -1.74. The van der Waals surface area contributed by atoms with Gasteiger partial charge in [0.2, 0.25) is 0 Å². The van der Waals surface area contributed by atoms with E-state index in [4.69, 9.17) is 11.2 Å². The van der Waals surface area contributed by atoms with Crippen LogP contribution in [-0.2, 0) is 0 Å². The van der Waals surface area contributed by atoms with E-state index >= 15 is 0 Å². The summed E-state index contributed by atoms with van der Waals surface area (Å²) in [6, 6.07) is 0. The molecule has 1 unspecified atom stereocenters. The van der Waals surface area contributed by atoms with Crippen molar-refractivity contribution in [2.75, 3.05) is 6.16 Å². The van der Waals surface area contributed by atoms with Crippen LogP contribution >= 0.6 is 18.5 Å². The molecule has 0 radical (unpaired) electrons. The topological polar surface area (TPSA) is 0 Å². The molecule has 1 aliphatic rings. The summed E-state index contributed by atoms with van der Waals surface area (Å²) in [4.78, 5) is 0. The molecule has 7 heavy (non-hydrogen) atoms. The Kier molecular flexibility index (Phi) is 1.94. The molecule has 2 heteroatoms. The zero-order valence-electron chi connectivity index (χ0n) is 4.52. The number of hydrogen-bond acceptors (Lipinski definition) is 0. The van der Waals surface area contributed by atoms with Gasteiger partial charge in [-0.1, -0.05) is 18.2 Å². The molecular weight excluding hydrogens is 126 g/mol. The fourth-order valence-electron chi connectivity index (χ4n) is 0.613. The number of halogens is 1. The third-order valence-electron chi connectivity index (χ3n) is 1.25. The highest BCUT2D eigenvalue weighted by Gasteiger charge is 2.27. The van der Waals surface area contributed by atoms with Gasteiger partial charge >= 0.3 is 0 Å². The molecule has 0 aliphatic heterocycles. The van der Waals surface area contributed by atoms with Gasteiger partial charge in [-0.3, -0.25) is 0 Å². The quantitative estimate of drug-likeness (QED) is 0.512. The number of hydrogen-bond donors (Lipinski definition) is 0. The van der Waals surface area contributed by atoms with E-state index in [1.54, 1.807) is 0 Å². The lowest BCUT2D eigenvalue weighted by atomic mass is 11.0. The Bertz CT molecular complexity index is 61.1. The van der Waals surface area contributed by atoms with Crippen LogP contribution in [0.2, 0.25) is 0 Å². The van der Waals surface area contributed by atoms with E-state index in [1.807, 2.05) is 0 Å². The maximum Gasteiger partial charge on any atom is -0.00684 e. The van der Waals surface area contributed by atoms with Crippen molar-refractivity contribution in [1.82, 2.24) is 0 Å². The molecule has 1 rings (SSSR count). The van der Waals surface area contributed by atoms with E-state index in [0.29, 0.717) is 0 Å². The van der Waals surface area contributed by atoms with Crippen molar-refractivity contribution in [3.63, 3.8) is 0 Å². The maximum atomic E-state index is 5.93. The molecule has 0 N–H and O–H groups in total. The molecule has 0 aromatic carbocycles. The first-order valence-electron chi connectivity index (χ1n) is 2.77. The van der Waals surface area contributed by atoms with Gasteiger partial charge in [-0.15, -0.1) is 0 Å². The van der Waals surface area contributed by atoms with Crippen LogP contribution in [0.3, 0.4) is 0 Å². The van der Waals surface area contributed by atoms with Crippen molar-refractivity contribution in [2.45, 2.75) is 25.4 Å². The fourth-order valence-corrected chi connectivity index (χ4v) is 2.42. The highest BCUT2D eigenvalue weighted by Crippen LogP contribution is 2.56. The molecule has 0 aromatic rings. The van der Waals surface area contributed by atoms with Gasteiger partial charge < -0.3 is 0 Å². The molecule has 0 aromatic heterocycles. The van der Waals surface area contributed by atoms with Crippen LogP contribution in [0.25, 0.3) is 0 Å². The highest BCUT2D eigenvalue weighted by atomic mass is 35.7. The van der Waals surface area contributed by atoms with Gasteiger partial charge in [0.25, 0.3) is 0 Å². The van der Waals surface area contributed by atoms with Crippen molar-refractivity contribution >= 4 is 18.5 Å². The maximum absolute atomic E-state index is 5.93. The van der Waals surface area contributed by atoms with E-state index in [1.165, 1.54) is 19.0 Å². The predicted octanol–water partition coefficient (Wildman–Crippen LogP) is 2.80. The summed E-state index contributed by atoms with van der Waals surface area (Å²) in [5, 5.41) is 0. The Balaban J connectivity index is 2.10. The molecule has 1 saturated carbocycles. The summed E-state index contributed by atoms with van der Waals surface area (Å²) >= 11 is 5.93. The Morgan fingerprint density at radius 3 is 2.43 bits per heavy atom. The summed E-state index contributed by atoms with van der Waals surface area (Å²) < 4.78 is 0. The van der Waals surface area contributed by atoms with Gasteiger partial charge in [0.05, 0.1) is 0 Å². The second kappa shape index (κ2) is 2.33. The van der Waals surface area contributed by atoms with Gasteiger partial charge in [-0.05, 0) is 31.9 Å². The second-order valence-corrected chi connectivity index (χ2v) is 5.41. The highest BCUT2D eigenvalue weighted by molar-refractivity contribution is 7.84. The molecule has 0 heterocycles. The predicted molar refractivity (Wildman–Crippen MR) is 36.3 cm³/mol. The van der Waals surface area contributed by atoms with Crippen LogP contribution in [0.15, 0.2) is 0 Å². The average Bonchev–Trinajstić information content (AvgIpc) is 2.44. The van der Waals surface area contributed by atoms with Crippen molar-refractivity contribution in [1.29, 1.82) is 0 Å². The minimum atomic E-state index is -0.0540. The van der Waals surface area contributed by atoms with Gasteiger partial charge in [-0.25, -0.2) is 0 Å². The lowest BCUT2D eigenvalue weighted by molar-refractivity contribution is 1.42. The third-order valence-corrected chi connectivity index (χ3v) is 4.70. The van der Waals surface area contributed by atoms with Crippen LogP contribution in [0.1, 0.15) is 19.8 Å². The van der Waals surface area contributed by atoms with Crippen LogP contribution < -0.4 is 0 Å². The van der Waals surface area contributed by atoms with Crippen molar-refractivity contribution in [3.05, 3.63) is 0 Å². The SMILES string of the molecule is CCP(Cl)C1CC1. The van der Waals surface area contributed by atoms with Crippen molar-refractivity contribution < 1.29 is 0 Å². The monoisotopic (exact) mass is 136 g/mol. The molecule has 0 saturated heterocycles. The molecule has 1 atom stereocenters. The minimum Gasteiger partial charge on any atom is -0.0961 e. The summed E-state index contributed by atoms with van der Waals surface area (Å²) in [7, 11) is -0.0540. The van der Waals surface area contributed by atoms with Gasteiger partial charge in [0.1, 0.15) is 0 Å². The van der Waals surface area contributed by atoms with Crippen LogP contribution in [0.4, 0.5) is 0 Å². The number of rotatable bonds is 2. The molecule has 0 nitrogen and oxygen atoms in total. The van der Waals surface area contributed by atoms with Gasteiger partial charge in [0.15, 0.2) is 0 Å².